The van der Waals surface area contributed by atoms with E-state index in [1.54, 1.807) is 19.1 Å². The van der Waals surface area contributed by atoms with Gasteiger partial charge in [-0.2, -0.15) is 0 Å². The average Bonchev–Trinajstić information content (AvgIpc) is 3.19. The Balaban J connectivity index is 1.36. The standard InChI is InChI=1S/C20H31N3O3/c1-15(21-20(25)18-8-5-13-26-18)19(24)22-17-9-11-23(12-10-17)14-16-6-3-2-4-7-16/h5,8,13,15-17H,2-4,6-7,9-12,14H2,1H3,(H,21,25)(H,22,24). The highest BCUT2D eigenvalue weighted by Gasteiger charge is 2.25. The van der Waals surface area contributed by atoms with Crippen LogP contribution in [-0.4, -0.2) is 48.4 Å². The second-order valence-electron chi connectivity index (χ2n) is 7.76. The van der Waals surface area contributed by atoms with E-state index in [1.165, 1.54) is 44.9 Å². The summed E-state index contributed by atoms with van der Waals surface area (Å²) in [5.74, 6) is 0.600. The number of amides is 2. The van der Waals surface area contributed by atoms with Gasteiger partial charge in [0.2, 0.25) is 5.91 Å². The summed E-state index contributed by atoms with van der Waals surface area (Å²) in [6.07, 6.45) is 10.3. The van der Waals surface area contributed by atoms with Gasteiger partial charge in [0.25, 0.3) is 5.91 Å². The summed E-state index contributed by atoms with van der Waals surface area (Å²) in [6, 6.07) is 2.86. The van der Waals surface area contributed by atoms with E-state index in [-0.39, 0.29) is 23.6 Å². The molecule has 0 bridgehead atoms. The normalized spacial score (nSPS) is 21.3. The fourth-order valence-electron chi connectivity index (χ4n) is 4.06. The molecular weight excluding hydrogens is 330 g/mol. The van der Waals surface area contributed by atoms with Crippen molar-refractivity contribution in [2.45, 2.75) is 64.0 Å². The number of likely N-dealkylation sites (tertiary alicyclic amines) is 1. The molecule has 0 spiro atoms. The van der Waals surface area contributed by atoms with Crippen molar-refractivity contribution in [3.05, 3.63) is 24.2 Å². The Bertz CT molecular complexity index is 573. The minimum Gasteiger partial charge on any atom is -0.459 e. The van der Waals surface area contributed by atoms with Crippen LogP contribution in [0.15, 0.2) is 22.8 Å². The zero-order valence-electron chi connectivity index (χ0n) is 15.7. The summed E-state index contributed by atoms with van der Waals surface area (Å²) in [5.41, 5.74) is 0. The van der Waals surface area contributed by atoms with Gasteiger partial charge >= 0.3 is 0 Å². The molecule has 2 fully saturated rings. The maximum atomic E-state index is 12.3. The Labute approximate surface area is 155 Å². The number of piperidine rings is 1. The molecule has 2 amide bonds. The van der Waals surface area contributed by atoms with Crippen LogP contribution < -0.4 is 10.6 Å². The van der Waals surface area contributed by atoms with E-state index < -0.39 is 6.04 Å². The van der Waals surface area contributed by atoms with Gasteiger partial charge in [0.05, 0.1) is 6.26 Å². The molecule has 1 atom stereocenters. The van der Waals surface area contributed by atoms with Crippen molar-refractivity contribution in [2.24, 2.45) is 5.92 Å². The predicted molar refractivity (Wildman–Crippen MR) is 99.8 cm³/mol. The first-order valence-corrected chi connectivity index (χ1v) is 9.99. The summed E-state index contributed by atoms with van der Waals surface area (Å²) < 4.78 is 5.05. The van der Waals surface area contributed by atoms with Crippen LogP contribution in [0.4, 0.5) is 0 Å². The van der Waals surface area contributed by atoms with Crippen LogP contribution in [0.25, 0.3) is 0 Å². The largest absolute Gasteiger partial charge is 0.459 e. The Hall–Kier alpha value is -1.82. The highest BCUT2D eigenvalue weighted by atomic mass is 16.3. The third kappa shape index (κ3) is 5.34. The minimum absolute atomic E-state index is 0.129. The molecule has 2 N–H and O–H groups in total. The van der Waals surface area contributed by atoms with Gasteiger partial charge in [-0.15, -0.1) is 0 Å². The van der Waals surface area contributed by atoms with Gasteiger partial charge in [-0.05, 0) is 50.7 Å². The van der Waals surface area contributed by atoms with Gasteiger partial charge in [-0.1, -0.05) is 19.3 Å². The van der Waals surface area contributed by atoms with Crippen molar-refractivity contribution in [2.75, 3.05) is 19.6 Å². The highest BCUT2D eigenvalue weighted by Crippen LogP contribution is 2.25. The van der Waals surface area contributed by atoms with Crippen molar-refractivity contribution in [1.29, 1.82) is 0 Å². The van der Waals surface area contributed by atoms with E-state index >= 15 is 0 Å². The molecule has 2 heterocycles. The zero-order valence-corrected chi connectivity index (χ0v) is 15.7. The molecule has 6 heteroatoms. The summed E-state index contributed by atoms with van der Waals surface area (Å²) in [4.78, 5) is 26.9. The van der Waals surface area contributed by atoms with Crippen LogP contribution in [0.1, 0.15) is 62.4 Å². The third-order valence-corrected chi connectivity index (χ3v) is 5.66. The van der Waals surface area contributed by atoms with E-state index in [1.807, 2.05) is 0 Å². The number of nitrogens with zero attached hydrogens (tertiary/aromatic N) is 1. The average molecular weight is 361 g/mol. The van der Waals surface area contributed by atoms with Crippen LogP contribution in [-0.2, 0) is 4.79 Å². The van der Waals surface area contributed by atoms with Crippen LogP contribution in [0.5, 0.6) is 0 Å². The van der Waals surface area contributed by atoms with Gasteiger partial charge in [0, 0.05) is 25.7 Å². The van der Waals surface area contributed by atoms with Crippen LogP contribution >= 0.6 is 0 Å². The molecule has 3 rings (SSSR count). The summed E-state index contributed by atoms with van der Waals surface area (Å²) in [6.45, 7) is 5.02. The van der Waals surface area contributed by atoms with Crippen LogP contribution in [0, 0.1) is 5.92 Å². The lowest BCUT2D eigenvalue weighted by Crippen LogP contribution is -2.51. The molecule has 1 aliphatic carbocycles. The minimum atomic E-state index is -0.576. The topological polar surface area (TPSA) is 74.6 Å². The molecule has 2 aliphatic rings. The first kappa shape index (κ1) is 19.0. The lowest BCUT2D eigenvalue weighted by Gasteiger charge is -2.35. The predicted octanol–water partition coefficient (Wildman–Crippen LogP) is 2.56. The number of carbonyl (C=O) groups excluding carboxylic acids is 2. The second kappa shape index (κ2) is 9.21. The van der Waals surface area contributed by atoms with E-state index in [0.717, 1.165) is 31.8 Å². The third-order valence-electron chi connectivity index (χ3n) is 5.66. The number of rotatable bonds is 6. The second-order valence-corrected chi connectivity index (χ2v) is 7.76. The summed E-state index contributed by atoms with van der Waals surface area (Å²) in [7, 11) is 0. The van der Waals surface area contributed by atoms with E-state index in [2.05, 4.69) is 15.5 Å². The number of hydrogen-bond donors (Lipinski definition) is 2. The van der Waals surface area contributed by atoms with Gasteiger partial charge in [0.1, 0.15) is 6.04 Å². The molecular formula is C20H31N3O3. The van der Waals surface area contributed by atoms with Crippen molar-refractivity contribution in [1.82, 2.24) is 15.5 Å². The maximum absolute atomic E-state index is 12.3. The molecule has 6 nitrogen and oxygen atoms in total. The van der Waals surface area contributed by atoms with Gasteiger partial charge in [-0.3, -0.25) is 9.59 Å². The molecule has 144 valence electrons. The van der Waals surface area contributed by atoms with E-state index in [9.17, 15) is 9.59 Å². The molecule has 1 saturated heterocycles. The Kier molecular flexibility index (Phi) is 6.72. The van der Waals surface area contributed by atoms with Crippen molar-refractivity contribution in [3.8, 4) is 0 Å². The SMILES string of the molecule is CC(NC(=O)c1ccco1)C(=O)NC1CCN(CC2CCCCC2)CC1. The molecule has 1 aromatic heterocycles. The quantitative estimate of drug-likeness (QED) is 0.817. The number of hydrogen-bond acceptors (Lipinski definition) is 4. The van der Waals surface area contributed by atoms with Gasteiger partial charge < -0.3 is 20.0 Å². The highest BCUT2D eigenvalue weighted by molar-refractivity contribution is 5.95. The summed E-state index contributed by atoms with van der Waals surface area (Å²) >= 11 is 0. The Morgan fingerprint density at radius 3 is 2.58 bits per heavy atom. The smallest absolute Gasteiger partial charge is 0.287 e. The number of nitrogens with one attached hydrogen (secondary N) is 2. The fraction of sp³-hybridized carbons (Fsp3) is 0.700. The Morgan fingerprint density at radius 2 is 1.92 bits per heavy atom. The molecule has 0 aromatic carbocycles. The fourth-order valence-corrected chi connectivity index (χ4v) is 4.06. The zero-order chi connectivity index (χ0) is 18.4. The maximum Gasteiger partial charge on any atom is 0.287 e. The van der Waals surface area contributed by atoms with Crippen molar-refractivity contribution in [3.63, 3.8) is 0 Å². The summed E-state index contributed by atoms with van der Waals surface area (Å²) in [5, 5.41) is 5.76. The van der Waals surface area contributed by atoms with E-state index in [0.29, 0.717) is 0 Å². The molecule has 0 radical (unpaired) electrons. The monoisotopic (exact) mass is 361 g/mol. The lowest BCUT2D eigenvalue weighted by molar-refractivity contribution is -0.123. The van der Waals surface area contributed by atoms with Gasteiger partial charge in [0.15, 0.2) is 5.76 Å². The van der Waals surface area contributed by atoms with Crippen molar-refractivity contribution >= 4 is 11.8 Å². The molecule has 26 heavy (non-hydrogen) atoms. The Morgan fingerprint density at radius 1 is 1.19 bits per heavy atom. The van der Waals surface area contributed by atoms with E-state index in [4.69, 9.17) is 4.42 Å². The first-order valence-electron chi connectivity index (χ1n) is 9.99. The van der Waals surface area contributed by atoms with Gasteiger partial charge in [-0.25, -0.2) is 0 Å². The first-order chi connectivity index (χ1) is 12.6. The van der Waals surface area contributed by atoms with Crippen LogP contribution in [0.2, 0.25) is 0 Å². The number of carbonyl (C=O) groups is 2. The van der Waals surface area contributed by atoms with Crippen LogP contribution in [0.3, 0.4) is 0 Å². The molecule has 1 unspecified atom stereocenters. The molecule has 1 saturated carbocycles. The molecule has 1 aliphatic heterocycles. The number of furan rings is 1. The lowest BCUT2D eigenvalue weighted by atomic mass is 9.88. The van der Waals surface area contributed by atoms with Crippen molar-refractivity contribution < 1.29 is 14.0 Å². The molecule has 1 aromatic rings.